The van der Waals surface area contributed by atoms with Crippen molar-refractivity contribution in [2.75, 3.05) is 19.7 Å². The Balaban J connectivity index is 1.93. The van der Waals surface area contributed by atoms with Crippen LogP contribution in [0.25, 0.3) is 0 Å². The van der Waals surface area contributed by atoms with Crippen molar-refractivity contribution in [1.29, 1.82) is 0 Å². The molecule has 6 nitrogen and oxygen atoms in total. The molecule has 1 aromatic rings. The van der Waals surface area contributed by atoms with Crippen molar-refractivity contribution < 1.29 is 9.53 Å². The molecule has 0 radical (unpaired) electrons. The lowest BCUT2D eigenvalue weighted by molar-refractivity contribution is -0.144. The van der Waals surface area contributed by atoms with E-state index in [1.807, 2.05) is 6.20 Å². The molecular weight excluding hydrogens is 220 g/mol. The number of piperidine rings is 1. The highest BCUT2D eigenvalue weighted by Crippen LogP contribution is 2.20. The molecule has 0 bridgehead atoms. The van der Waals surface area contributed by atoms with Crippen molar-refractivity contribution in [3.05, 3.63) is 11.9 Å². The fourth-order valence-corrected chi connectivity index (χ4v) is 2.02. The second kappa shape index (κ2) is 5.77. The predicted octanol–water partition coefficient (Wildman–Crippen LogP) is 0.308. The highest BCUT2D eigenvalue weighted by Gasteiger charge is 2.18. The van der Waals surface area contributed by atoms with Gasteiger partial charge >= 0.3 is 5.97 Å². The normalized spacial score (nSPS) is 20.2. The molecule has 0 amide bonds. The van der Waals surface area contributed by atoms with Gasteiger partial charge < -0.3 is 10.1 Å². The van der Waals surface area contributed by atoms with Gasteiger partial charge in [-0.05, 0) is 26.3 Å². The minimum absolute atomic E-state index is 0.140. The van der Waals surface area contributed by atoms with Gasteiger partial charge in [-0.1, -0.05) is 5.21 Å². The number of ether oxygens (including phenoxy) is 1. The molecule has 1 atom stereocenters. The van der Waals surface area contributed by atoms with E-state index in [4.69, 9.17) is 4.74 Å². The molecular formula is C11H18N4O2. The molecule has 17 heavy (non-hydrogen) atoms. The van der Waals surface area contributed by atoms with Gasteiger partial charge in [-0.15, -0.1) is 5.10 Å². The van der Waals surface area contributed by atoms with Crippen LogP contribution in [0.5, 0.6) is 0 Å². The maximum absolute atomic E-state index is 11.3. The van der Waals surface area contributed by atoms with Crippen molar-refractivity contribution >= 4 is 5.97 Å². The summed E-state index contributed by atoms with van der Waals surface area (Å²) in [6.45, 7) is 4.35. The van der Waals surface area contributed by atoms with Gasteiger partial charge in [0.25, 0.3) is 0 Å². The Labute approximate surface area is 100 Å². The Kier molecular flexibility index (Phi) is 4.08. The quantitative estimate of drug-likeness (QED) is 0.764. The molecule has 1 N–H and O–H groups in total. The molecule has 1 saturated heterocycles. The summed E-state index contributed by atoms with van der Waals surface area (Å²) in [7, 11) is 0. The number of hydrogen-bond acceptors (Lipinski definition) is 5. The Bertz CT molecular complexity index is 371. The highest BCUT2D eigenvalue weighted by atomic mass is 16.5. The number of hydrogen-bond donors (Lipinski definition) is 1. The van der Waals surface area contributed by atoms with Crippen LogP contribution in [-0.2, 0) is 16.1 Å². The Morgan fingerprint density at radius 2 is 2.59 bits per heavy atom. The summed E-state index contributed by atoms with van der Waals surface area (Å²) >= 11 is 0. The van der Waals surface area contributed by atoms with Gasteiger partial charge in [0.05, 0.1) is 12.3 Å². The summed E-state index contributed by atoms with van der Waals surface area (Å²) in [6.07, 6.45) is 4.13. The molecule has 0 aromatic carbocycles. The monoisotopic (exact) mass is 238 g/mol. The number of esters is 1. The molecule has 1 aliphatic rings. The van der Waals surface area contributed by atoms with E-state index in [1.165, 1.54) is 0 Å². The van der Waals surface area contributed by atoms with Crippen LogP contribution in [0.15, 0.2) is 6.20 Å². The Morgan fingerprint density at radius 1 is 1.71 bits per heavy atom. The molecule has 1 aromatic heterocycles. The van der Waals surface area contributed by atoms with Crippen LogP contribution >= 0.6 is 0 Å². The van der Waals surface area contributed by atoms with E-state index in [9.17, 15) is 4.79 Å². The first kappa shape index (κ1) is 12.0. The van der Waals surface area contributed by atoms with Gasteiger partial charge in [0.15, 0.2) is 0 Å². The van der Waals surface area contributed by atoms with Gasteiger partial charge in [0.2, 0.25) is 0 Å². The third-order valence-electron chi connectivity index (χ3n) is 2.87. The lowest BCUT2D eigenvalue weighted by atomic mass is 9.97. The molecule has 2 rings (SSSR count). The maximum Gasteiger partial charge on any atom is 0.327 e. The number of rotatable bonds is 4. The first-order valence-electron chi connectivity index (χ1n) is 6.06. The SMILES string of the molecule is CCOC(=O)Cn1cc(C2CCCNC2)nn1. The van der Waals surface area contributed by atoms with Gasteiger partial charge in [0.1, 0.15) is 6.54 Å². The van der Waals surface area contributed by atoms with Crippen LogP contribution in [0.2, 0.25) is 0 Å². The van der Waals surface area contributed by atoms with Crippen LogP contribution in [0, 0.1) is 0 Å². The Morgan fingerprint density at radius 3 is 3.29 bits per heavy atom. The predicted molar refractivity (Wildman–Crippen MR) is 61.5 cm³/mol. The average molecular weight is 238 g/mol. The van der Waals surface area contributed by atoms with Crippen molar-refractivity contribution in [3.8, 4) is 0 Å². The van der Waals surface area contributed by atoms with E-state index in [0.29, 0.717) is 12.5 Å². The van der Waals surface area contributed by atoms with E-state index < -0.39 is 0 Å². The van der Waals surface area contributed by atoms with E-state index in [0.717, 1.165) is 31.6 Å². The van der Waals surface area contributed by atoms with Gasteiger partial charge in [-0.3, -0.25) is 4.79 Å². The lowest BCUT2D eigenvalue weighted by Crippen LogP contribution is -2.28. The maximum atomic E-state index is 11.3. The molecule has 0 spiro atoms. The van der Waals surface area contributed by atoms with Crippen molar-refractivity contribution in [1.82, 2.24) is 20.3 Å². The number of aromatic nitrogens is 3. The minimum atomic E-state index is -0.272. The number of carbonyl (C=O) groups excluding carboxylic acids is 1. The molecule has 6 heteroatoms. The van der Waals surface area contributed by atoms with E-state index in [2.05, 4.69) is 15.6 Å². The third kappa shape index (κ3) is 3.26. The topological polar surface area (TPSA) is 69.0 Å². The van der Waals surface area contributed by atoms with Crippen LogP contribution in [-0.4, -0.2) is 40.7 Å². The van der Waals surface area contributed by atoms with Crippen molar-refractivity contribution in [3.63, 3.8) is 0 Å². The second-order valence-electron chi connectivity index (χ2n) is 4.19. The number of nitrogens with one attached hydrogen (secondary N) is 1. The number of carbonyl (C=O) groups is 1. The molecule has 1 fully saturated rings. The lowest BCUT2D eigenvalue weighted by Gasteiger charge is -2.20. The first-order chi connectivity index (χ1) is 8.29. The number of nitrogens with zero attached hydrogens (tertiary/aromatic N) is 3. The first-order valence-corrected chi connectivity index (χ1v) is 6.06. The molecule has 1 unspecified atom stereocenters. The van der Waals surface area contributed by atoms with Gasteiger partial charge in [0, 0.05) is 18.7 Å². The average Bonchev–Trinajstić information content (AvgIpc) is 2.79. The zero-order chi connectivity index (χ0) is 12.1. The van der Waals surface area contributed by atoms with Crippen LogP contribution < -0.4 is 5.32 Å². The fourth-order valence-electron chi connectivity index (χ4n) is 2.02. The van der Waals surface area contributed by atoms with Crippen molar-refractivity contribution in [2.45, 2.75) is 32.2 Å². The zero-order valence-corrected chi connectivity index (χ0v) is 10.1. The van der Waals surface area contributed by atoms with Crippen LogP contribution in [0.4, 0.5) is 0 Å². The van der Waals surface area contributed by atoms with Crippen molar-refractivity contribution in [2.24, 2.45) is 0 Å². The summed E-state index contributed by atoms with van der Waals surface area (Å²) in [5, 5.41) is 11.4. The van der Waals surface area contributed by atoms with E-state index >= 15 is 0 Å². The second-order valence-corrected chi connectivity index (χ2v) is 4.19. The largest absolute Gasteiger partial charge is 0.465 e. The molecule has 0 saturated carbocycles. The molecule has 0 aliphatic carbocycles. The summed E-state index contributed by atoms with van der Waals surface area (Å²) in [5.74, 6) is 0.144. The summed E-state index contributed by atoms with van der Waals surface area (Å²) in [6, 6.07) is 0. The third-order valence-corrected chi connectivity index (χ3v) is 2.87. The minimum Gasteiger partial charge on any atom is -0.465 e. The van der Waals surface area contributed by atoms with Crippen LogP contribution in [0.1, 0.15) is 31.4 Å². The molecule has 94 valence electrons. The zero-order valence-electron chi connectivity index (χ0n) is 10.1. The highest BCUT2D eigenvalue weighted by molar-refractivity contribution is 5.68. The summed E-state index contributed by atoms with van der Waals surface area (Å²) in [4.78, 5) is 11.3. The van der Waals surface area contributed by atoms with Crippen LogP contribution in [0.3, 0.4) is 0 Å². The van der Waals surface area contributed by atoms with E-state index in [1.54, 1.807) is 11.6 Å². The van der Waals surface area contributed by atoms with Gasteiger partial charge in [-0.25, -0.2) is 4.68 Å². The van der Waals surface area contributed by atoms with Gasteiger partial charge in [-0.2, -0.15) is 0 Å². The summed E-state index contributed by atoms with van der Waals surface area (Å²) in [5.41, 5.74) is 0.960. The van der Waals surface area contributed by atoms with E-state index in [-0.39, 0.29) is 12.5 Å². The summed E-state index contributed by atoms with van der Waals surface area (Å²) < 4.78 is 6.40. The Hall–Kier alpha value is -1.43. The standard InChI is InChI=1S/C11H18N4O2/c1-2-17-11(16)8-15-7-10(13-14-15)9-4-3-5-12-6-9/h7,9,12H,2-6,8H2,1H3. The fraction of sp³-hybridized carbons (Fsp3) is 0.727. The molecule has 1 aliphatic heterocycles. The molecule has 2 heterocycles. The smallest absolute Gasteiger partial charge is 0.327 e.